The molecule has 1 fully saturated rings. The average molecular weight is 512 g/mol. The van der Waals surface area contributed by atoms with Crippen molar-refractivity contribution in [3.63, 3.8) is 0 Å². The first-order chi connectivity index (χ1) is 16.4. The molecule has 1 aromatic heterocycles. The van der Waals surface area contributed by atoms with Crippen LogP contribution in [0.2, 0.25) is 5.02 Å². The number of hydrogen-bond donors (Lipinski definition) is 0. The van der Waals surface area contributed by atoms with Crippen molar-refractivity contribution in [2.45, 2.75) is 39.7 Å². The van der Waals surface area contributed by atoms with E-state index >= 15 is 0 Å². The lowest BCUT2D eigenvalue weighted by Crippen LogP contribution is -2.34. The lowest BCUT2D eigenvalue weighted by Gasteiger charge is -2.18. The highest BCUT2D eigenvalue weighted by atomic mass is 35.5. The molecule has 0 radical (unpaired) electrons. The Hall–Kier alpha value is -2.61. The molecule has 2 heterocycles. The number of carbonyl (C=O) groups excluding carboxylic acids is 1. The number of para-hydroxylation sites is 1. The van der Waals surface area contributed by atoms with Gasteiger partial charge in [-0.2, -0.15) is 5.10 Å². The van der Waals surface area contributed by atoms with Gasteiger partial charge < -0.3 is 4.74 Å². The van der Waals surface area contributed by atoms with Gasteiger partial charge in [-0.15, -0.1) is 0 Å². The second-order valence-corrected chi connectivity index (χ2v) is 10.3. The van der Waals surface area contributed by atoms with Crippen LogP contribution in [0.3, 0.4) is 0 Å². The Balaban J connectivity index is 1.75. The minimum absolute atomic E-state index is 0.00368. The summed E-state index contributed by atoms with van der Waals surface area (Å²) in [5.74, 6) is 0.571. The average Bonchev–Trinajstić information content (AvgIpc) is 3.36. The lowest BCUT2D eigenvalue weighted by atomic mass is 10.1. The molecule has 1 aliphatic heterocycles. The number of halogens is 1. The molecule has 0 atom stereocenters. The number of nitrogens with zero attached hydrogens (tertiary/aromatic N) is 3. The van der Waals surface area contributed by atoms with Crippen LogP contribution in [0.4, 0.5) is 0 Å². The lowest BCUT2D eigenvalue weighted by molar-refractivity contribution is -0.123. The summed E-state index contributed by atoms with van der Waals surface area (Å²) in [4.78, 5) is 15.2. The van der Waals surface area contributed by atoms with Gasteiger partial charge in [0.1, 0.15) is 15.8 Å². The first-order valence-corrected chi connectivity index (χ1v) is 12.8. The molecule has 5 nitrogen and oxygen atoms in total. The van der Waals surface area contributed by atoms with E-state index in [0.717, 1.165) is 35.3 Å². The molecule has 3 aromatic rings. The van der Waals surface area contributed by atoms with Crippen molar-refractivity contribution in [2.75, 3.05) is 6.61 Å². The SMILES string of the molecule is CCCCOc1ccc(-c2nn(-c3ccccc3)cc2/C=C2\SC(=S)N(C(C)C)C2=O)cc1Cl. The minimum Gasteiger partial charge on any atom is -0.492 e. The third kappa shape index (κ3) is 5.22. The summed E-state index contributed by atoms with van der Waals surface area (Å²) in [7, 11) is 0. The molecular formula is C26H26ClN3O2S2. The quantitative estimate of drug-likeness (QED) is 0.185. The fraction of sp³-hybridized carbons (Fsp3) is 0.269. The van der Waals surface area contributed by atoms with Gasteiger partial charge in [0, 0.05) is 23.4 Å². The summed E-state index contributed by atoms with van der Waals surface area (Å²) in [6.07, 6.45) is 5.81. The van der Waals surface area contributed by atoms with Gasteiger partial charge in [-0.25, -0.2) is 4.68 Å². The second kappa shape index (κ2) is 10.8. The number of thiocarbonyl (C=S) groups is 1. The van der Waals surface area contributed by atoms with Crippen LogP contribution in [0.1, 0.15) is 39.2 Å². The summed E-state index contributed by atoms with van der Waals surface area (Å²) < 4.78 is 8.18. The highest BCUT2D eigenvalue weighted by Crippen LogP contribution is 2.37. The molecule has 0 N–H and O–H groups in total. The monoisotopic (exact) mass is 511 g/mol. The van der Waals surface area contributed by atoms with E-state index in [2.05, 4.69) is 6.92 Å². The molecular weight excluding hydrogens is 486 g/mol. The van der Waals surface area contributed by atoms with Gasteiger partial charge in [0.05, 0.1) is 22.2 Å². The van der Waals surface area contributed by atoms with Crippen molar-refractivity contribution < 1.29 is 9.53 Å². The van der Waals surface area contributed by atoms with Crippen LogP contribution in [0.25, 0.3) is 23.0 Å². The van der Waals surface area contributed by atoms with Crippen molar-refractivity contribution in [2.24, 2.45) is 0 Å². The van der Waals surface area contributed by atoms with Crippen molar-refractivity contribution >= 4 is 51.9 Å². The standard InChI is InChI=1S/C26H26ClN3O2S2/c1-4-5-13-32-22-12-11-18(14-21(22)27)24-19(16-29(28-24)20-9-7-6-8-10-20)15-23-25(31)30(17(2)3)26(33)34-23/h6-12,14-17H,4-5,13H2,1-3H3/b23-15-. The maximum atomic E-state index is 13.0. The number of amides is 1. The minimum atomic E-state index is -0.0823. The van der Waals surface area contributed by atoms with E-state index in [-0.39, 0.29) is 11.9 Å². The van der Waals surface area contributed by atoms with Gasteiger partial charge in [-0.05, 0) is 56.7 Å². The van der Waals surface area contributed by atoms with Gasteiger partial charge in [0.2, 0.25) is 0 Å². The highest BCUT2D eigenvalue weighted by molar-refractivity contribution is 8.26. The Morgan fingerprint density at radius 3 is 2.62 bits per heavy atom. The number of rotatable bonds is 8. The van der Waals surface area contributed by atoms with Crippen LogP contribution in [0.15, 0.2) is 59.6 Å². The molecule has 2 aromatic carbocycles. The van der Waals surface area contributed by atoms with E-state index in [0.29, 0.717) is 26.6 Å². The van der Waals surface area contributed by atoms with E-state index in [1.165, 1.54) is 11.8 Å². The maximum Gasteiger partial charge on any atom is 0.266 e. The summed E-state index contributed by atoms with van der Waals surface area (Å²) in [5.41, 5.74) is 3.29. The number of carbonyl (C=O) groups is 1. The third-order valence-electron chi connectivity index (χ3n) is 5.35. The number of benzene rings is 2. The fourth-order valence-electron chi connectivity index (χ4n) is 3.59. The van der Waals surface area contributed by atoms with Crippen LogP contribution in [-0.2, 0) is 4.79 Å². The van der Waals surface area contributed by atoms with Crippen molar-refractivity contribution in [1.82, 2.24) is 14.7 Å². The van der Waals surface area contributed by atoms with Gasteiger partial charge in [0.15, 0.2) is 0 Å². The molecule has 0 aliphatic carbocycles. The van der Waals surface area contributed by atoms with Crippen LogP contribution in [0.5, 0.6) is 5.75 Å². The molecule has 0 spiro atoms. The Morgan fingerprint density at radius 1 is 1.21 bits per heavy atom. The van der Waals surface area contributed by atoms with E-state index in [1.807, 2.05) is 79.3 Å². The van der Waals surface area contributed by atoms with E-state index in [1.54, 1.807) is 4.90 Å². The Kier molecular flexibility index (Phi) is 7.76. The third-order valence-corrected chi connectivity index (χ3v) is 6.98. The van der Waals surface area contributed by atoms with Gasteiger partial charge in [-0.3, -0.25) is 9.69 Å². The van der Waals surface area contributed by atoms with Gasteiger partial charge in [-0.1, -0.05) is 67.1 Å². The zero-order valence-corrected chi connectivity index (χ0v) is 21.7. The maximum absolute atomic E-state index is 13.0. The zero-order valence-electron chi connectivity index (χ0n) is 19.3. The van der Waals surface area contributed by atoms with E-state index < -0.39 is 0 Å². The van der Waals surface area contributed by atoms with Gasteiger partial charge in [0.25, 0.3) is 5.91 Å². The first-order valence-electron chi connectivity index (χ1n) is 11.2. The fourth-order valence-corrected chi connectivity index (χ4v) is 5.34. The Bertz CT molecular complexity index is 1240. The Morgan fingerprint density at radius 2 is 1.97 bits per heavy atom. The van der Waals surface area contributed by atoms with Crippen molar-refractivity contribution in [3.8, 4) is 22.7 Å². The van der Waals surface area contributed by atoms with Crippen LogP contribution in [0, 0.1) is 0 Å². The predicted molar refractivity (Wildman–Crippen MR) is 145 cm³/mol. The molecule has 0 saturated carbocycles. The summed E-state index contributed by atoms with van der Waals surface area (Å²) >= 11 is 13.3. The molecule has 34 heavy (non-hydrogen) atoms. The molecule has 176 valence electrons. The van der Waals surface area contributed by atoms with Gasteiger partial charge >= 0.3 is 0 Å². The number of ether oxygens (including phenoxy) is 1. The highest BCUT2D eigenvalue weighted by Gasteiger charge is 2.34. The number of hydrogen-bond acceptors (Lipinski definition) is 5. The van der Waals surface area contributed by atoms with Crippen molar-refractivity contribution in [1.29, 1.82) is 0 Å². The van der Waals surface area contributed by atoms with E-state index in [4.69, 9.17) is 33.7 Å². The summed E-state index contributed by atoms with van der Waals surface area (Å²) in [6, 6.07) is 15.5. The molecule has 4 rings (SSSR count). The molecule has 0 unspecified atom stereocenters. The molecule has 1 aliphatic rings. The number of aromatic nitrogens is 2. The second-order valence-electron chi connectivity index (χ2n) is 8.21. The van der Waals surface area contributed by atoms with Crippen LogP contribution >= 0.6 is 35.6 Å². The molecule has 1 saturated heterocycles. The largest absolute Gasteiger partial charge is 0.492 e. The molecule has 1 amide bonds. The predicted octanol–water partition coefficient (Wildman–Crippen LogP) is 6.98. The van der Waals surface area contributed by atoms with Crippen molar-refractivity contribution in [3.05, 3.63) is 70.2 Å². The van der Waals surface area contributed by atoms with Crippen LogP contribution < -0.4 is 4.74 Å². The first kappa shape index (κ1) is 24.5. The zero-order chi connectivity index (χ0) is 24.2. The smallest absolute Gasteiger partial charge is 0.266 e. The number of unbranched alkanes of at least 4 members (excludes halogenated alkanes) is 1. The normalized spacial score (nSPS) is 15.1. The topological polar surface area (TPSA) is 47.4 Å². The molecule has 0 bridgehead atoms. The van der Waals surface area contributed by atoms with Crippen LogP contribution in [-0.4, -0.2) is 37.6 Å². The molecule has 8 heteroatoms. The van der Waals surface area contributed by atoms with E-state index in [9.17, 15) is 4.79 Å². The summed E-state index contributed by atoms with van der Waals surface area (Å²) in [6.45, 7) is 6.66. The summed E-state index contributed by atoms with van der Waals surface area (Å²) in [5, 5.41) is 5.37. The number of thioether (sulfide) groups is 1. The Labute approximate surface area is 214 Å².